The van der Waals surface area contributed by atoms with Crippen LogP contribution in [0.1, 0.15) is 40.0 Å². The minimum absolute atomic E-state index is 0.136. The van der Waals surface area contributed by atoms with Crippen LogP contribution in [0.2, 0.25) is 0 Å². The van der Waals surface area contributed by atoms with E-state index in [0.717, 1.165) is 5.57 Å². The molecule has 0 bridgehead atoms. The zero-order valence-electron chi connectivity index (χ0n) is 9.43. The van der Waals surface area contributed by atoms with E-state index in [0.29, 0.717) is 0 Å². The lowest BCUT2D eigenvalue weighted by atomic mass is 9.88. The normalized spacial score (nSPS) is 22.0. The molecule has 1 rings (SSSR count). The molecule has 0 aromatic carbocycles. The molecule has 0 saturated heterocycles. The van der Waals surface area contributed by atoms with Crippen LogP contribution >= 0.6 is 0 Å². The highest BCUT2D eigenvalue weighted by atomic mass is 16.2. The van der Waals surface area contributed by atoms with E-state index in [1.807, 2.05) is 13.0 Å². The second-order valence-corrected chi connectivity index (χ2v) is 4.06. The Kier molecular flexibility index (Phi) is 4.15. The summed E-state index contributed by atoms with van der Waals surface area (Å²) < 4.78 is 0. The zero-order valence-corrected chi connectivity index (χ0v) is 9.43. The van der Waals surface area contributed by atoms with E-state index >= 15 is 0 Å². The second kappa shape index (κ2) is 5.16. The Hall–Kier alpha value is -0.820. The van der Waals surface area contributed by atoms with Crippen LogP contribution in [-0.4, -0.2) is 11.7 Å². The van der Waals surface area contributed by atoms with Gasteiger partial charge < -0.3 is 5.11 Å². The van der Waals surface area contributed by atoms with Gasteiger partial charge in [0.05, 0.1) is 6.61 Å². The quantitative estimate of drug-likeness (QED) is 0.711. The summed E-state index contributed by atoms with van der Waals surface area (Å²) in [5, 5.41) is 8.77. The molecule has 0 spiro atoms. The first-order chi connectivity index (χ1) is 6.65. The molecule has 0 atom stereocenters. The third-order valence-electron chi connectivity index (χ3n) is 2.93. The fraction of sp³-hybridized carbons (Fsp3) is 0.538. The molecule has 0 radical (unpaired) electrons. The first kappa shape index (κ1) is 11.3. The number of rotatable bonds is 2. The van der Waals surface area contributed by atoms with Crippen molar-refractivity contribution < 1.29 is 5.11 Å². The average Bonchev–Trinajstić information content (AvgIpc) is 2.13. The molecule has 0 aromatic rings. The highest BCUT2D eigenvalue weighted by Crippen LogP contribution is 2.29. The highest BCUT2D eigenvalue weighted by molar-refractivity contribution is 5.39. The standard InChI is InChI=1S/C13H20O/c1-10(7-8-14)9-13-6-4-5-11(2)12(13)3/h7,9,14H,4-6,8H2,1-3H3/b10-7-,13-9+. The van der Waals surface area contributed by atoms with Gasteiger partial charge in [0.25, 0.3) is 0 Å². The van der Waals surface area contributed by atoms with Gasteiger partial charge in [-0.2, -0.15) is 0 Å². The summed E-state index contributed by atoms with van der Waals surface area (Å²) in [6.45, 7) is 6.60. The molecule has 0 amide bonds. The van der Waals surface area contributed by atoms with Gasteiger partial charge in [-0.15, -0.1) is 0 Å². The fourth-order valence-corrected chi connectivity index (χ4v) is 1.85. The van der Waals surface area contributed by atoms with Gasteiger partial charge in [0.15, 0.2) is 0 Å². The maximum Gasteiger partial charge on any atom is 0.0617 e. The number of aliphatic hydroxyl groups excluding tert-OH is 1. The van der Waals surface area contributed by atoms with Gasteiger partial charge in [-0.05, 0) is 51.2 Å². The van der Waals surface area contributed by atoms with E-state index in [2.05, 4.69) is 19.9 Å². The van der Waals surface area contributed by atoms with Gasteiger partial charge >= 0.3 is 0 Å². The minimum Gasteiger partial charge on any atom is -0.392 e. The van der Waals surface area contributed by atoms with E-state index in [9.17, 15) is 0 Å². The monoisotopic (exact) mass is 192 g/mol. The third-order valence-corrected chi connectivity index (χ3v) is 2.93. The van der Waals surface area contributed by atoms with Crippen LogP contribution < -0.4 is 0 Å². The molecular weight excluding hydrogens is 172 g/mol. The lowest BCUT2D eigenvalue weighted by Crippen LogP contribution is -1.98. The van der Waals surface area contributed by atoms with Crippen LogP contribution in [0.3, 0.4) is 0 Å². The van der Waals surface area contributed by atoms with E-state index in [4.69, 9.17) is 5.11 Å². The molecular formula is C13H20O. The number of aliphatic hydroxyl groups is 1. The highest BCUT2D eigenvalue weighted by Gasteiger charge is 2.09. The lowest BCUT2D eigenvalue weighted by molar-refractivity contribution is 0.342. The Balaban J connectivity index is 2.87. The van der Waals surface area contributed by atoms with E-state index in [1.54, 1.807) is 0 Å². The van der Waals surface area contributed by atoms with Gasteiger partial charge in [-0.25, -0.2) is 0 Å². The van der Waals surface area contributed by atoms with Crippen LogP contribution in [-0.2, 0) is 0 Å². The maximum atomic E-state index is 8.77. The predicted molar refractivity (Wildman–Crippen MR) is 61.2 cm³/mol. The van der Waals surface area contributed by atoms with Crippen molar-refractivity contribution in [3.05, 3.63) is 34.4 Å². The Labute approximate surface area is 86.8 Å². The smallest absolute Gasteiger partial charge is 0.0617 e. The Morgan fingerprint density at radius 3 is 2.71 bits per heavy atom. The summed E-state index contributed by atoms with van der Waals surface area (Å²) in [5.74, 6) is 0. The van der Waals surface area contributed by atoms with Crippen molar-refractivity contribution in [3.63, 3.8) is 0 Å². The molecule has 0 saturated carbocycles. The maximum absolute atomic E-state index is 8.77. The molecule has 0 aliphatic heterocycles. The lowest BCUT2D eigenvalue weighted by Gasteiger charge is -2.18. The van der Waals surface area contributed by atoms with Gasteiger partial charge in [-0.1, -0.05) is 23.3 Å². The summed E-state index contributed by atoms with van der Waals surface area (Å²) in [6.07, 6.45) is 7.74. The van der Waals surface area contributed by atoms with Crippen molar-refractivity contribution in [1.29, 1.82) is 0 Å². The van der Waals surface area contributed by atoms with Gasteiger partial charge in [0.2, 0.25) is 0 Å². The van der Waals surface area contributed by atoms with E-state index in [1.165, 1.54) is 36.0 Å². The SMILES string of the molecule is CC1=C(C)/C(=C/C(C)=C\CO)CCC1. The Morgan fingerprint density at radius 2 is 2.07 bits per heavy atom. The molecule has 1 aliphatic carbocycles. The molecule has 78 valence electrons. The Bertz CT molecular complexity index is 292. The zero-order chi connectivity index (χ0) is 10.6. The molecule has 0 fully saturated rings. The largest absolute Gasteiger partial charge is 0.392 e. The van der Waals surface area contributed by atoms with Crippen molar-refractivity contribution in [2.45, 2.75) is 40.0 Å². The summed E-state index contributed by atoms with van der Waals surface area (Å²) in [4.78, 5) is 0. The molecule has 1 N–H and O–H groups in total. The van der Waals surface area contributed by atoms with Gasteiger partial charge in [-0.3, -0.25) is 0 Å². The molecule has 1 aliphatic rings. The molecule has 1 nitrogen and oxygen atoms in total. The minimum atomic E-state index is 0.136. The molecule has 0 unspecified atom stereocenters. The first-order valence-electron chi connectivity index (χ1n) is 5.30. The van der Waals surface area contributed by atoms with Crippen LogP contribution in [0.5, 0.6) is 0 Å². The number of hydrogen-bond acceptors (Lipinski definition) is 1. The van der Waals surface area contributed by atoms with Crippen LogP contribution in [0.4, 0.5) is 0 Å². The first-order valence-corrected chi connectivity index (χ1v) is 5.30. The van der Waals surface area contributed by atoms with Crippen molar-refractivity contribution in [2.75, 3.05) is 6.61 Å². The molecule has 1 heteroatoms. The topological polar surface area (TPSA) is 20.2 Å². The van der Waals surface area contributed by atoms with Crippen molar-refractivity contribution in [3.8, 4) is 0 Å². The number of allylic oxidation sites excluding steroid dienone is 5. The number of hydrogen-bond donors (Lipinski definition) is 1. The third kappa shape index (κ3) is 2.85. The van der Waals surface area contributed by atoms with Crippen LogP contribution in [0.15, 0.2) is 34.4 Å². The van der Waals surface area contributed by atoms with Gasteiger partial charge in [0, 0.05) is 0 Å². The van der Waals surface area contributed by atoms with E-state index in [-0.39, 0.29) is 6.61 Å². The summed E-state index contributed by atoms with van der Waals surface area (Å²) in [5.41, 5.74) is 5.56. The van der Waals surface area contributed by atoms with Crippen LogP contribution in [0.25, 0.3) is 0 Å². The second-order valence-electron chi connectivity index (χ2n) is 4.06. The molecule has 0 heterocycles. The summed E-state index contributed by atoms with van der Waals surface area (Å²) in [6, 6.07) is 0. The average molecular weight is 192 g/mol. The summed E-state index contributed by atoms with van der Waals surface area (Å²) in [7, 11) is 0. The predicted octanol–water partition coefficient (Wildman–Crippen LogP) is 3.37. The van der Waals surface area contributed by atoms with Crippen molar-refractivity contribution in [2.24, 2.45) is 0 Å². The van der Waals surface area contributed by atoms with E-state index < -0.39 is 0 Å². The van der Waals surface area contributed by atoms with Crippen LogP contribution in [0, 0.1) is 0 Å². The Morgan fingerprint density at radius 1 is 1.36 bits per heavy atom. The molecule has 14 heavy (non-hydrogen) atoms. The van der Waals surface area contributed by atoms with Crippen molar-refractivity contribution >= 4 is 0 Å². The van der Waals surface area contributed by atoms with Crippen molar-refractivity contribution in [1.82, 2.24) is 0 Å². The molecule has 0 aromatic heterocycles. The fourth-order valence-electron chi connectivity index (χ4n) is 1.85. The summed E-state index contributed by atoms with van der Waals surface area (Å²) >= 11 is 0. The van der Waals surface area contributed by atoms with Gasteiger partial charge in [0.1, 0.15) is 0 Å².